The number of esters is 2. The fraction of sp³-hybridized carbons (Fsp3) is 0.800. The molecule has 2 unspecified atom stereocenters. The van der Waals surface area contributed by atoms with Crippen LogP contribution < -0.4 is 0 Å². The summed E-state index contributed by atoms with van der Waals surface area (Å²) in [5, 5.41) is 0. The van der Waals surface area contributed by atoms with Crippen molar-refractivity contribution in [3.05, 3.63) is 0 Å². The lowest BCUT2D eigenvalue weighted by molar-refractivity contribution is -0.195. The maximum atomic E-state index is 11.3. The molecule has 0 spiro atoms. The third-order valence-corrected chi connectivity index (χ3v) is 1.97. The second-order valence-electron chi connectivity index (χ2n) is 3.15. The molecule has 0 saturated carbocycles. The lowest BCUT2D eigenvalue weighted by Crippen LogP contribution is -2.45. The van der Waals surface area contributed by atoms with Gasteiger partial charge in [0.05, 0.1) is 26.4 Å². The zero-order valence-corrected chi connectivity index (χ0v) is 9.43. The van der Waals surface area contributed by atoms with Crippen molar-refractivity contribution < 1.29 is 28.5 Å². The lowest BCUT2D eigenvalue weighted by Gasteiger charge is -2.27. The Kier molecular flexibility index (Phi) is 5.21. The summed E-state index contributed by atoms with van der Waals surface area (Å²) in [6, 6.07) is 0. The third kappa shape index (κ3) is 3.46. The molecule has 1 aliphatic rings. The van der Waals surface area contributed by atoms with Crippen LogP contribution in [0.25, 0.3) is 0 Å². The van der Waals surface area contributed by atoms with Crippen molar-refractivity contribution >= 4 is 11.9 Å². The first-order valence-electron chi connectivity index (χ1n) is 5.25. The molecule has 1 saturated heterocycles. The van der Waals surface area contributed by atoms with Crippen LogP contribution >= 0.6 is 0 Å². The van der Waals surface area contributed by atoms with Crippen LogP contribution in [0.4, 0.5) is 0 Å². The molecule has 0 aromatic heterocycles. The average Bonchev–Trinajstić information content (AvgIpc) is 2.30. The Balaban J connectivity index is 2.46. The third-order valence-electron chi connectivity index (χ3n) is 1.97. The molecule has 1 fully saturated rings. The van der Waals surface area contributed by atoms with Gasteiger partial charge in [-0.2, -0.15) is 0 Å². The summed E-state index contributed by atoms with van der Waals surface area (Å²) in [5.41, 5.74) is 0. The first-order valence-corrected chi connectivity index (χ1v) is 5.25. The predicted molar refractivity (Wildman–Crippen MR) is 52.7 cm³/mol. The molecule has 0 aromatic rings. The van der Waals surface area contributed by atoms with Gasteiger partial charge in [0.15, 0.2) is 12.2 Å². The van der Waals surface area contributed by atoms with E-state index in [-0.39, 0.29) is 26.4 Å². The molecular weight excluding hydrogens is 216 g/mol. The molecule has 1 heterocycles. The number of carbonyl (C=O) groups is 2. The molecule has 2 atom stereocenters. The van der Waals surface area contributed by atoms with E-state index in [9.17, 15) is 9.59 Å². The first-order chi connectivity index (χ1) is 7.69. The van der Waals surface area contributed by atoms with Crippen molar-refractivity contribution in [3.8, 4) is 0 Å². The quantitative estimate of drug-likeness (QED) is 0.630. The molecule has 1 rings (SSSR count). The van der Waals surface area contributed by atoms with Gasteiger partial charge in [0.25, 0.3) is 0 Å². The van der Waals surface area contributed by atoms with Crippen LogP contribution in [0.3, 0.4) is 0 Å². The maximum absolute atomic E-state index is 11.3. The van der Waals surface area contributed by atoms with Gasteiger partial charge in [0, 0.05) is 0 Å². The molecule has 6 heteroatoms. The number of rotatable bonds is 4. The van der Waals surface area contributed by atoms with E-state index in [4.69, 9.17) is 18.9 Å². The summed E-state index contributed by atoms with van der Waals surface area (Å²) in [6.45, 7) is 4.14. The minimum absolute atomic E-state index is 0.106. The minimum Gasteiger partial charge on any atom is -0.464 e. The first kappa shape index (κ1) is 12.9. The van der Waals surface area contributed by atoms with Gasteiger partial charge in [0.2, 0.25) is 0 Å². The van der Waals surface area contributed by atoms with Crippen LogP contribution in [0.1, 0.15) is 13.8 Å². The smallest absolute Gasteiger partial charge is 0.337 e. The van der Waals surface area contributed by atoms with Crippen LogP contribution in [0.15, 0.2) is 0 Å². The molecule has 0 aliphatic carbocycles. The zero-order chi connectivity index (χ0) is 12.0. The van der Waals surface area contributed by atoms with Gasteiger partial charge in [-0.05, 0) is 13.8 Å². The molecule has 92 valence electrons. The Bertz CT molecular complexity index is 228. The van der Waals surface area contributed by atoms with E-state index >= 15 is 0 Å². The van der Waals surface area contributed by atoms with Crippen LogP contribution in [0.2, 0.25) is 0 Å². The molecule has 16 heavy (non-hydrogen) atoms. The van der Waals surface area contributed by atoms with E-state index in [1.165, 1.54) is 0 Å². The van der Waals surface area contributed by atoms with Gasteiger partial charge < -0.3 is 18.9 Å². The summed E-state index contributed by atoms with van der Waals surface area (Å²) in [6.07, 6.45) is -1.69. The topological polar surface area (TPSA) is 71.1 Å². The van der Waals surface area contributed by atoms with E-state index < -0.39 is 24.1 Å². The highest BCUT2D eigenvalue weighted by atomic mass is 16.6. The van der Waals surface area contributed by atoms with Crippen LogP contribution in [-0.4, -0.2) is 50.6 Å². The standard InChI is InChI=1S/C10H16O6/c1-3-14-9(11)7-5-13-6-8(16-7)10(12)15-4-2/h7-8H,3-6H2,1-2H3. The van der Waals surface area contributed by atoms with Crippen molar-refractivity contribution in [1.29, 1.82) is 0 Å². The second-order valence-corrected chi connectivity index (χ2v) is 3.15. The molecule has 0 aromatic carbocycles. The monoisotopic (exact) mass is 232 g/mol. The Morgan fingerprint density at radius 2 is 1.50 bits per heavy atom. The molecule has 1 aliphatic heterocycles. The van der Waals surface area contributed by atoms with Gasteiger partial charge in [-0.3, -0.25) is 0 Å². The highest BCUT2D eigenvalue weighted by Gasteiger charge is 2.34. The van der Waals surface area contributed by atoms with Crippen LogP contribution in [0, 0.1) is 0 Å². The number of hydrogen-bond donors (Lipinski definition) is 0. The highest BCUT2D eigenvalue weighted by Crippen LogP contribution is 2.11. The molecule has 0 bridgehead atoms. The van der Waals surface area contributed by atoms with Gasteiger partial charge in [-0.1, -0.05) is 0 Å². The van der Waals surface area contributed by atoms with Crippen molar-refractivity contribution in [2.75, 3.05) is 26.4 Å². The Morgan fingerprint density at radius 3 is 1.88 bits per heavy atom. The summed E-state index contributed by atoms with van der Waals surface area (Å²) >= 11 is 0. The largest absolute Gasteiger partial charge is 0.464 e. The molecule has 0 N–H and O–H groups in total. The number of hydrogen-bond acceptors (Lipinski definition) is 6. The minimum atomic E-state index is -0.844. The zero-order valence-electron chi connectivity index (χ0n) is 9.43. The van der Waals surface area contributed by atoms with E-state index in [1.54, 1.807) is 13.8 Å². The summed E-state index contributed by atoms with van der Waals surface area (Å²) in [4.78, 5) is 22.7. The fourth-order valence-corrected chi connectivity index (χ4v) is 1.28. The van der Waals surface area contributed by atoms with Crippen LogP contribution in [0.5, 0.6) is 0 Å². The van der Waals surface area contributed by atoms with Gasteiger partial charge in [0.1, 0.15) is 0 Å². The fourth-order valence-electron chi connectivity index (χ4n) is 1.28. The van der Waals surface area contributed by atoms with Crippen molar-refractivity contribution in [2.45, 2.75) is 26.1 Å². The summed E-state index contributed by atoms with van der Waals surface area (Å²) in [7, 11) is 0. The van der Waals surface area contributed by atoms with Crippen LogP contribution in [-0.2, 0) is 28.5 Å². The van der Waals surface area contributed by atoms with Gasteiger partial charge in [-0.25, -0.2) is 9.59 Å². The number of ether oxygens (including phenoxy) is 4. The SMILES string of the molecule is CCOC(=O)C1COCC(C(=O)OCC)O1. The van der Waals surface area contributed by atoms with E-state index in [1.807, 2.05) is 0 Å². The van der Waals surface area contributed by atoms with E-state index in [0.717, 1.165) is 0 Å². The average molecular weight is 232 g/mol. The normalized spacial score (nSPS) is 24.9. The Morgan fingerprint density at radius 1 is 1.06 bits per heavy atom. The van der Waals surface area contributed by atoms with Crippen molar-refractivity contribution in [2.24, 2.45) is 0 Å². The highest BCUT2D eigenvalue weighted by molar-refractivity contribution is 5.78. The molecule has 0 radical (unpaired) electrons. The van der Waals surface area contributed by atoms with Gasteiger partial charge in [-0.15, -0.1) is 0 Å². The maximum Gasteiger partial charge on any atom is 0.337 e. The second kappa shape index (κ2) is 6.44. The molecule has 6 nitrogen and oxygen atoms in total. The number of carbonyl (C=O) groups excluding carboxylic acids is 2. The summed E-state index contributed by atoms with van der Waals surface area (Å²) in [5.74, 6) is -1.03. The molecular formula is C10H16O6. The van der Waals surface area contributed by atoms with E-state index in [0.29, 0.717) is 0 Å². The Hall–Kier alpha value is -1.14. The van der Waals surface area contributed by atoms with Crippen molar-refractivity contribution in [1.82, 2.24) is 0 Å². The molecule has 0 amide bonds. The van der Waals surface area contributed by atoms with Crippen molar-refractivity contribution in [3.63, 3.8) is 0 Å². The lowest BCUT2D eigenvalue weighted by atomic mass is 10.3. The van der Waals surface area contributed by atoms with Gasteiger partial charge >= 0.3 is 11.9 Å². The van der Waals surface area contributed by atoms with E-state index in [2.05, 4.69) is 0 Å². The Labute approximate surface area is 93.8 Å². The predicted octanol–water partition coefficient (Wildman–Crippen LogP) is -0.103. The summed E-state index contributed by atoms with van der Waals surface area (Å²) < 4.78 is 19.9.